The Bertz CT molecular complexity index is 585. The number of likely N-dealkylation sites (tertiary alicyclic amines) is 1. The summed E-state index contributed by atoms with van der Waals surface area (Å²) in [7, 11) is 0. The van der Waals surface area contributed by atoms with Gasteiger partial charge >= 0.3 is 0 Å². The predicted molar refractivity (Wildman–Crippen MR) is 84.9 cm³/mol. The summed E-state index contributed by atoms with van der Waals surface area (Å²) in [5, 5.41) is 0. The highest BCUT2D eigenvalue weighted by Crippen LogP contribution is 2.42. The number of hydrogen-bond acceptors (Lipinski definition) is 4. The second-order valence-electron chi connectivity index (χ2n) is 7.23. The summed E-state index contributed by atoms with van der Waals surface area (Å²) in [6.07, 6.45) is 4.48. The third-order valence-electron chi connectivity index (χ3n) is 5.60. The molecule has 24 heavy (non-hydrogen) atoms. The molecule has 1 amide bonds. The first-order valence-corrected chi connectivity index (χ1v) is 8.70. The van der Waals surface area contributed by atoms with Crippen molar-refractivity contribution >= 4 is 5.91 Å². The molecule has 0 N–H and O–H groups in total. The summed E-state index contributed by atoms with van der Waals surface area (Å²) in [6.45, 7) is 3.18. The van der Waals surface area contributed by atoms with Gasteiger partial charge in [0.25, 0.3) is 0 Å². The van der Waals surface area contributed by atoms with E-state index in [1.54, 1.807) is 12.4 Å². The number of hydrogen-bond donors (Lipinski definition) is 0. The van der Waals surface area contributed by atoms with Crippen LogP contribution in [0.3, 0.4) is 0 Å². The average molecular weight is 334 g/mol. The van der Waals surface area contributed by atoms with Crippen LogP contribution >= 0.6 is 0 Å². The van der Waals surface area contributed by atoms with Crippen LogP contribution in [0.25, 0.3) is 0 Å². The molecule has 1 aliphatic carbocycles. The van der Waals surface area contributed by atoms with Gasteiger partial charge in [-0.1, -0.05) is 0 Å². The van der Waals surface area contributed by atoms with Gasteiger partial charge in [0, 0.05) is 30.8 Å². The second-order valence-corrected chi connectivity index (χ2v) is 7.23. The highest BCUT2D eigenvalue weighted by atomic mass is 19.1. The van der Waals surface area contributed by atoms with E-state index >= 15 is 0 Å². The molecular weight excluding hydrogens is 311 g/mol. The second kappa shape index (κ2) is 6.41. The van der Waals surface area contributed by atoms with Crippen LogP contribution in [0.5, 0.6) is 0 Å². The minimum absolute atomic E-state index is 0.0986. The van der Waals surface area contributed by atoms with Crippen LogP contribution in [0.15, 0.2) is 24.5 Å². The van der Waals surface area contributed by atoms with Crippen molar-refractivity contribution in [1.29, 1.82) is 0 Å². The number of aromatic nitrogens is 1. The Labute approximate surface area is 141 Å². The molecule has 3 heterocycles. The van der Waals surface area contributed by atoms with E-state index in [-0.39, 0.29) is 17.4 Å². The number of rotatable bonds is 5. The van der Waals surface area contributed by atoms with Crippen molar-refractivity contribution in [3.05, 3.63) is 30.1 Å². The lowest BCUT2D eigenvalue weighted by Crippen LogP contribution is -2.68. The third-order valence-corrected chi connectivity index (χ3v) is 5.60. The first-order valence-electron chi connectivity index (χ1n) is 8.70. The highest BCUT2D eigenvalue weighted by molar-refractivity contribution is 5.81. The number of halogens is 1. The molecule has 0 radical (unpaired) electrons. The lowest BCUT2D eigenvalue weighted by atomic mass is 9.77. The van der Waals surface area contributed by atoms with Crippen LogP contribution in [0, 0.1) is 11.8 Å². The fourth-order valence-corrected chi connectivity index (χ4v) is 3.93. The molecule has 1 saturated carbocycles. The molecule has 1 spiro atoms. The van der Waals surface area contributed by atoms with Crippen molar-refractivity contribution in [2.75, 3.05) is 26.3 Å². The fourth-order valence-electron chi connectivity index (χ4n) is 3.93. The van der Waals surface area contributed by atoms with Crippen molar-refractivity contribution in [1.82, 2.24) is 9.88 Å². The van der Waals surface area contributed by atoms with Crippen molar-refractivity contribution in [2.45, 2.75) is 37.6 Å². The zero-order valence-corrected chi connectivity index (χ0v) is 13.7. The molecule has 5 nitrogen and oxygen atoms in total. The first kappa shape index (κ1) is 16.0. The van der Waals surface area contributed by atoms with Gasteiger partial charge in [-0.05, 0) is 37.0 Å². The Morgan fingerprint density at radius 2 is 2.12 bits per heavy atom. The molecule has 2 aliphatic heterocycles. The number of pyridine rings is 1. The largest absolute Gasteiger partial charge is 0.376 e. The highest BCUT2D eigenvalue weighted by Gasteiger charge is 2.55. The molecule has 130 valence electrons. The summed E-state index contributed by atoms with van der Waals surface area (Å²) >= 11 is 0. The van der Waals surface area contributed by atoms with Crippen LogP contribution in [0.4, 0.5) is 4.39 Å². The Hall–Kier alpha value is -1.53. The normalized spacial score (nSPS) is 30.9. The smallest absolute Gasteiger partial charge is 0.226 e. The zero-order chi connectivity index (χ0) is 16.6. The van der Waals surface area contributed by atoms with Gasteiger partial charge in [0.2, 0.25) is 5.91 Å². The number of carbonyl (C=O) groups is 1. The standard InChI is InChI=1S/C18H23FN2O3/c19-16-7-14(8-16)17(22)21-11-18(12-21)15(3-6-24-18)10-23-9-13-1-4-20-5-2-13/h1-2,4-5,14-16H,3,6-12H2/t14?,15-,16?/m0/s1. The summed E-state index contributed by atoms with van der Waals surface area (Å²) in [4.78, 5) is 18.1. The Kier molecular flexibility index (Phi) is 4.26. The van der Waals surface area contributed by atoms with E-state index in [9.17, 15) is 9.18 Å². The van der Waals surface area contributed by atoms with Crippen molar-refractivity contribution < 1.29 is 18.7 Å². The summed E-state index contributed by atoms with van der Waals surface area (Å²) < 4.78 is 24.8. The molecule has 0 bridgehead atoms. The molecule has 0 aromatic carbocycles. The van der Waals surface area contributed by atoms with E-state index in [0.717, 1.165) is 18.6 Å². The first-order chi connectivity index (χ1) is 11.7. The number of alkyl halides is 1. The topological polar surface area (TPSA) is 51.7 Å². The SMILES string of the molecule is O=C(C1CC(F)C1)N1CC2(C1)OCC[C@H]2COCc1ccncc1. The van der Waals surface area contributed by atoms with E-state index in [1.165, 1.54) is 0 Å². The van der Waals surface area contributed by atoms with Gasteiger partial charge in [0.1, 0.15) is 11.8 Å². The van der Waals surface area contributed by atoms with Gasteiger partial charge in [0.15, 0.2) is 0 Å². The van der Waals surface area contributed by atoms with Crippen LogP contribution in [-0.4, -0.2) is 53.9 Å². The van der Waals surface area contributed by atoms with Crippen LogP contribution in [-0.2, 0) is 20.9 Å². The third kappa shape index (κ3) is 2.93. The fraction of sp³-hybridized carbons (Fsp3) is 0.667. The summed E-state index contributed by atoms with van der Waals surface area (Å²) in [5.74, 6) is 0.306. The maximum atomic E-state index is 12.9. The maximum Gasteiger partial charge on any atom is 0.226 e. The van der Waals surface area contributed by atoms with Crippen LogP contribution in [0.2, 0.25) is 0 Å². The number of amides is 1. The van der Waals surface area contributed by atoms with E-state index in [2.05, 4.69) is 4.98 Å². The molecule has 1 aromatic heterocycles. The van der Waals surface area contributed by atoms with E-state index in [1.807, 2.05) is 17.0 Å². The Morgan fingerprint density at radius 1 is 1.38 bits per heavy atom. The van der Waals surface area contributed by atoms with Gasteiger partial charge < -0.3 is 14.4 Å². The maximum absolute atomic E-state index is 12.9. The van der Waals surface area contributed by atoms with Crippen LogP contribution in [0.1, 0.15) is 24.8 Å². The number of nitrogens with zero attached hydrogens (tertiary/aromatic N) is 2. The Balaban J connectivity index is 1.26. The van der Waals surface area contributed by atoms with Crippen molar-refractivity contribution in [2.24, 2.45) is 11.8 Å². The molecule has 6 heteroatoms. The lowest BCUT2D eigenvalue weighted by molar-refractivity contribution is -0.176. The number of carbonyl (C=O) groups excluding carboxylic acids is 1. The number of ether oxygens (including phenoxy) is 2. The Morgan fingerprint density at radius 3 is 2.83 bits per heavy atom. The molecule has 0 unspecified atom stereocenters. The quantitative estimate of drug-likeness (QED) is 0.826. The summed E-state index contributed by atoms with van der Waals surface area (Å²) in [5.41, 5.74) is 0.862. The van der Waals surface area contributed by atoms with Gasteiger partial charge in [-0.25, -0.2) is 4.39 Å². The minimum Gasteiger partial charge on any atom is -0.376 e. The minimum atomic E-state index is -0.786. The molecular formula is C18H23FN2O3. The van der Waals surface area contributed by atoms with Crippen molar-refractivity contribution in [3.63, 3.8) is 0 Å². The van der Waals surface area contributed by atoms with Gasteiger partial charge in [-0.15, -0.1) is 0 Å². The molecule has 3 aliphatic rings. The molecule has 3 fully saturated rings. The van der Waals surface area contributed by atoms with Gasteiger partial charge in [0.05, 0.1) is 26.3 Å². The predicted octanol–water partition coefficient (Wildman–Crippen LogP) is 1.96. The molecule has 2 saturated heterocycles. The average Bonchev–Trinajstić information content (AvgIpc) is 2.95. The van der Waals surface area contributed by atoms with Gasteiger partial charge in [-0.3, -0.25) is 9.78 Å². The van der Waals surface area contributed by atoms with E-state index in [0.29, 0.717) is 45.1 Å². The van der Waals surface area contributed by atoms with Gasteiger partial charge in [-0.2, -0.15) is 0 Å². The lowest BCUT2D eigenvalue weighted by Gasteiger charge is -2.51. The molecule has 1 aromatic rings. The molecule has 4 rings (SSSR count). The van der Waals surface area contributed by atoms with E-state index in [4.69, 9.17) is 9.47 Å². The van der Waals surface area contributed by atoms with E-state index < -0.39 is 6.17 Å². The monoisotopic (exact) mass is 334 g/mol. The van der Waals surface area contributed by atoms with Crippen molar-refractivity contribution in [3.8, 4) is 0 Å². The molecule has 1 atom stereocenters. The zero-order valence-electron chi connectivity index (χ0n) is 13.7. The van der Waals surface area contributed by atoms with Crippen LogP contribution < -0.4 is 0 Å². The summed E-state index contributed by atoms with van der Waals surface area (Å²) in [6, 6.07) is 3.89.